The van der Waals surface area contributed by atoms with E-state index in [1.807, 2.05) is 0 Å². The van der Waals surface area contributed by atoms with Crippen LogP contribution in [0.4, 0.5) is 0 Å². The average molecular weight is 247 g/mol. The molecule has 0 unspecified atom stereocenters. The van der Waals surface area contributed by atoms with Crippen LogP contribution in [0.15, 0.2) is 30.3 Å². The van der Waals surface area contributed by atoms with Crippen LogP contribution < -0.4 is 0 Å². The number of unbranched alkanes of at least 4 members (excludes halogenated alkanes) is 8. The Balaban J connectivity index is 1.82. The average Bonchev–Trinajstić information content (AvgIpc) is 2.42. The maximum atomic E-state index is 10.3. The highest BCUT2D eigenvalue weighted by atomic mass is 16.2. The Labute approximate surface area is 112 Å². The second kappa shape index (κ2) is 11.3. The Hall–Kier alpha value is -0.820. The van der Waals surface area contributed by atoms with Crippen LogP contribution >= 0.6 is 0 Å². The molecule has 0 bridgehead atoms. The van der Waals surface area contributed by atoms with Gasteiger partial charge in [0, 0.05) is 0 Å². The van der Waals surface area contributed by atoms with E-state index in [9.17, 15) is 5.11 Å². The fourth-order valence-corrected chi connectivity index (χ4v) is 2.31. The summed E-state index contributed by atoms with van der Waals surface area (Å²) in [7, 11) is 0. The molecule has 0 fully saturated rings. The van der Waals surface area contributed by atoms with Crippen molar-refractivity contribution < 1.29 is 5.11 Å². The van der Waals surface area contributed by atoms with E-state index in [2.05, 4.69) is 30.3 Å². The first-order chi connectivity index (χ1) is 8.93. The molecule has 0 aliphatic rings. The second-order valence-corrected chi connectivity index (χ2v) is 5.12. The van der Waals surface area contributed by atoms with Gasteiger partial charge in [0.25, 0.3) is 0 Å². The van der Waals surface area contributed by atoms with E-state index in [1.54, 1.807) is 0 Å². The van der Waals surface area contributed by atoms with Gasteiger partial charge in [-0.25, -0.2) is 5.11 Å². The molecule has 1 nitrogen and oxygen atoms in total. The van der Waals surface area contributed by atoms with Crippen LogP contribution in [-0.4, -0.2) is 6.61 Å². The molecular formula is C17H27O. The van der Waals surface area contributed by atoms with Gasteiger partial charge in [-0.3, -0.25) is 0 Å². The lowest BCUT2D eigenvalue weighted by Gasteiger charge is -2.02. The number of hydrogen-bond acceptors (Lipinski definition) is 0. The summed E-state index contributed by atoms with van der Waals surface area (Å²) in [4.78, 5) is 0. The quantitative estimate of drug-likeness (QED) is 0.481. The number of rotatable bonds is 11. The maximum absolute atomic E-state index is 10.3. The molecule has 18 heavy (non-hydrogen) atoms. The van der Waals surface area contributed by atoms with E-state index in [0.717, 1.165) is 12.8 Å². The van der Waals surface area contributed by atoms with Crippen LogP contribution in [0.2, 0.25) is 0 Å². The van der Waals surface area contributed by atoms with Crippen LogP contribution in [0.3, 0.4) is 0 Å². The molecule has 0 amide bonds. The van der Waals surface area contributed by atoms with Gasteiger partial charge in [-0.2, -0.15) is 0 Å². The molecule has 1 rings (SSSR count). The van der Waals surface area contributed by atoms with Crippen molar-refractivity contribution in [3.8, 4) is 0 Å². The normalized spacial score (nSPS) is 10.7. The van der Waals surface area contributed by atoms with Gasteiger partial charge in [-0.05, 0) is 24.8 Å². The zero-order valence-electron chi connectivity index (χ0n) is 11.6. The minimum absolute atomic E-state index is 0.111. The van der Waals surface area contributed by atoms with Crippen LogP contribution in [0.25, 0.3) is 0 Å². The summed E-state index contributed by atoms with van der Waals surface area (Å²) >= 11 is 0. The van der Waals surface area contributed by atoms with E-state index < -0.39 is 0 Å². The highest BCUT2D eigenvalue weighted by Crippen LogP contribution is 2.11. The van der Waals surface area contributed by atoms with Crippen molar-refractivity contribution in [2.75, 3.05) is 6.61 Å². The van der Waals surface area contributed by atoms with Gasteiger partial charge in [0.2, 0.25) is 0 Å². The third-order valence-corrected chi connectivity index (χ3v) is 3.45. The Morgan fingerprint density at radius 3 is 1.67 bits per heavy atom. The van der Waals surface area contributed by atoms with Gasteiger partial charge >= 0.3 is 0 Å². The summed E-state index contributed by atoms with van der Waals surface area (Å²) in [6.45, 7) is 0.111. The minimum Gasteiger partial charge on any atom is -0.237 e. The zero-order valence-corrected chi connectivity index (χ0v) is 11.6. The van der Waals surface area contributed by atoms with Gasteiger partial charge in [-0.1, -0.05) is 75.3 Å². The molecule has 1 aromatic carbocycles. The van der Waals surface area contributed by atoms with Crippen molar-refractivity contribution in [3.63, 3.8) is 0 Å². The first-order valence-corrected chi connectivity index (χ1v) is 7.55. The molecule has 0 N–H and O–H groups in total. The third kappa shape index (κ3) is 8.30. The largest absolute Gasteiger partial charge is 0.237 e. The fourth-order valence-electron chi connectivity index (χ4n) is 2.31. The standard InChI is InChI=1S/C17H27O/c18-16-12-7-5-3-1-2-4-6-9-13-17-14-10-8-11-15-17/h8,10-11,14-15H,1-7,9,12-13,16H2. The van der Waals surface area contributed by atoms with Crippen molar-refractivity contribution in [3.05, 3.63) is 35.9 Å². The van der Waals surface area contributed by atoms with Gasteiger partial charge in [0.15, 0.2) is 0 Å². The Bertz CT molecular complexity index is 268. The number of hydrogen-bond donors (Lipinski definition) is 0. The van der Waals surface area contributed by atoms with E-state index in [-0.39, 0.29) is 6.61 Å². The predicted octanol–water partition coefficient (Wildman–Crippen LogP) is 5.17. The Morgan fingerprint density at radius 1 is 0.611 bits per heavy atom. The Morgan fingerprint density at radius 2 is 1.11 bits per heavy atom. The van der Waals surface area contributed by atoms with E-state index >= 15 is 0 Å². The second-order valence-electron chi connectivity index (χ2n) is 5.12. The van der Waals surface area contributed by atoms with Crippen LogP contribution in [0, 0.1) is 0 Å². The molecule has 1 heteroatoms. The summed E-state index contributed by atoms with van der Waals surface area (Å²) in [6, 6.07) is 10.8. The van der Waals surface area contributed by atoms with E-state index in [0.29, 0.717) is 0 Å². The van der Waals surface area contributed by atoms with E-state index in [4.69, 9.17) is 0 Å². The van der Waals surface area contributed by atoms with Gasteiger partial charge in [-0.15, -0.1) is 0 Å². The lowest BCUT2D eigenvalue weighted by Crippen LogP contribution is -1.86. The molecule has 0 saturated carbocycles. The van der Waals surface area contributed by atoms with Crippen molar-refractivity contribution in [2.45, 2.75) is 64.2 Å². The lowest BCUT2D eigenvalue weighted by molar-refractivity contribution is 0.186. The highest BCUT2D eigenvalue weighted by Gasteiger charge is 1.94. The van der Waals surface area contributed by atoms with Gasteiger partial charge in [0.05, 0.1) is 6.61 Å². The molecule has 101 valence electrons. The van der Waals surface area contributed by atoms with Crippen molar-refractivity contribution in [2.24, 2.45) is 0 Å². The fraction of sp³-hybridized carbons (Fsp3) is 0.647. The SMILES string of the molecule is [O]CCCCCCCCCCCc1ccccc1. The first kappa shape index (κ1) is 15.2. The van der Waals surface area contributed by atoms with Crippen molar-refractivity contribution >= 4 is 0 Å². The molecule has 0 aliphatic carbocycles. The summed E-state index contributed by atoms with van der Waals surface area (Å²) in [5.41, 5.74) is 1.47. The number of benzene rings is 1. The predicted molar refractivity (Wildman–Crippen MR) is 77.3 cm³/mol. The molecule has 0 aliphatic heterocycles. The summed E-state index contributed by atoms with van der Waals surface area (Å²) in [5, 5.41) is 10.3. The topological polar surface area (TPSA) is 19.9 Å². The molecule has 0 aromatic heterocycles. The van der Waals surface area contributed by atoms with Crippen LogP contribution in [-0.2, 0) is 11.5 Å². The van der Waals surface area contributed by atoms with Gasteiger partial charge in [0.1, 0.15) is 0 Å². The zero-order chi connectivity index (χ0) is 12.9. The molecular weight excluding hydrogens is 220 g/mol. The van der Waals surface area contributed by atoms with Crippen molar-refractivity contribution in [1.29, 1.82) is 0 Å². The molecule has 0 heterocycles. The van der Waals surface area contributed by atoms with E-state index in [1.165, 1.54) is 56.9 Å². The first-order valence-electron chi connectivity index (χ1n) is 7.55. The lowest BCUT2D eigenvalue weighted by atomic mass is 10.0. The van der Waals surface area contributed by atoms with Crippen LogP contribution in [0.5, 0.6) is 0 Å². The molecule has 0 spiro atoms. The minimum atomic E-state index is 0.111. The number of aryl methyl sites for hydroxylation is 1. The van der Waals surface area contributed by atoms with Crippen LogP contribution in [0.1, 0.15) is 63.4 Å². The summed E-state index contributed by atoms with van der Waals surface area (Å²) in [6.07, 6.45) is 12.6. The summed E-state index contributed by atoms with van der Waals surface area (Å²) in [5.74, 6) is 0. The molecule has 0 saturated heterocycles. The highest BCUT2D eigenvalue weighted by molar-refractivity contribution is 5.14. The van der Waals surface area contributed by atoms with Crippen molar-refractivity contribution in [1.82, 2.24) is 0 Å². The summed E-state index contributed by atoms with van der Waals surface area (Å²) < 4.78 is 0. The van der Waals surface area contributed by atoms with Gasteiger partial charge < -0.3 is 0 Å². The Kier molecular flexibility index (Phi) is 9.55. The smallest absolute Gasteiger partial charge is 0.0822 e. The molecule has 1 aromatic rings. The monoisotopic (exact) mass is 247 g/mol. The molecule has 0 atom stereocenters. The molecule has 1 radical (unpaired) electrons. The maximum Gasteiger partial charge on any atom is 0.0822 e. The third-order valence-electron chi connectivity index (χ3n) is 3.45.